The molecule has 2 rings (SSSR count). The minimum Gasteiger partial charge on any atom is -0.193 e. The van der Waals surface area contributed by atoms with Crippen molar-refractivity contribution >= 4 is 38.4 Å². The Labute approximate surface area is 77.3 Å². The van der Waals surface area contributed by atoms with Crippen molar-refractivity contribution in [3.05, 3.63) is 29.1 Å². The second kappa shape index (κ2) is 2.91. The average Bonchev–Trinajstić information content (AvgIpc) is 2.50. The topological polar surface area (TPSA) is 12.9 Å². The van der Waals surface area contributed by atoms with Gasteiger partial charge in [0, 0.05) is 16.1 Å². The molecule has 3 heteroatoms. The van der Waals surface area contributed by atoms with E-state index in [0.29, 0.717) is 0 Å². The minimum absolute atomic E-state index is 0.915. The molecule has 0 radical (unpaired) electrons. The predicted molar refractivity (Wildman–Crippen MR) is 52.3 cm³/mol. The smallest absolute Gasteiger partial charge is 0.0840 e. The summed E-state index contributed by atoms with van der Waals surface area (Å²) in [4.78, 5) is 0. The fourth-order valence-electron chi connectivity index (χ4n) is 1.00. The molecular weight excluding hydrogens is 222 g/mol. The minimum atomic E-state index is 0.915. The van der Waals surface area contributed by atoms with E-state index < -0.39 is 0 Å². The largest absolute Gasteiger partial charge is 0.193 e. The third-order valence-corrected chi connectivity index (χ3v) is 2.89. The van der Waals surface area contributed by atoms with Crippen molar-refractivity contribution in [1.29, 1.82) is 0 Å². The number of hydrogen-bond acceptors (Lipinski definition) is 2. The van der Waals surface area contributed by atoms with Crippen molar-refractivity contribution in [3.8, 4) is 0 Å². The van der Waals surface area contributed by atoms with E-state index in [0.717, 1.165) is 10.8 Å². The van der Waals surface area contributed by atoms with Gasteiger partial charge in [0.15, 0.2) is 0 Å². The number of nitrogens with zero attached hydrogens (tertiary/aromatic N) is 1. The molecule has 1 aromatic carbocycles. The van der Waals surface area contributed by atoms with Gasteiger partial charge < -0.3 is 0 Å². The summed E-state index contributed by atoms with van der Waals surface area (Å²) in [6.45, 7) is 0. The molecule has 0 amide bonds. The molecule has 11 heavy (non-hydrogen) atoms. The Balaban J connectivity index is 2.67. The summed E-state index contributed by atoms with van der Waals surface area (Å²) in [5, 5.41) is 4.23. The van der Waals surface area contributed by atoms with E-state index in [2.05, 4.69) is 43.9 Å². The Kier molecular flexibility index (Phi) is 1.92. The van der Waals surface area contributed by atoms with Crippen LogP contribution in [0.25, 0.3) is 10.9 Å². The highest BCUT2D eigenvalue weighted by Crippen LogP contribution is 2.17. The summed E-state index contributed by atoms with van der Waals surface area (Å²) in [7, 11) is 0. The summed E-state index contributed by atoms with van der Waals surface area (Å²) < 4.78 is 4.22. The first-order valence-corrected chi connectivity index (χ1v) is 5.25. The van der Waals surface area contributed by atoms with Crippen molar-refractivity contribution in [2.45, 2.75) is 5.33 Å². The van der Waals surface area contributed by atoms with Crippen LogP contribution in [0.3, 0.4) is 0 Å². The van der Waals surface area contributed by atoms with Crippen molar-refractivity contribution < 1.29 is 0 Å². The molecule has 56 valence electrons. The number of fused-ring (bicyclic) bond motifs is 1. The van der Waals surface area contributed by atoms with Gasteiger partial charge in [-0.05, 0) is 29.2 Å². The van der Waals surface area contributed by atoms with Gasteiger partial charge in [0.1, 0.15) is 0 Å². The van der Waals surface area contributed by atoms with Gasteiger partial charge in [-0.3, -0.25) is 0 Å². The number of rotatable bonds is 1. The molecule has 0 spiro atoms. The van der Waals surface area contributed by atoms with E-state index in [-0.39, 0.29) is 0 Å². The van der Waals surface area contributed by atoms with Gasteiger partial charge in [-0.25, -0.2) is 0 Å². The lowest BCUT2D eigenvalue weighted by molar-refractivity contribution is 1.46. The Morgan fingerprint density at radius 3 is 3.18 bits per heavy atom. The zero-order chi connectivity index (χ0) is 7.68. The zero-order valence-electron chi connectivity index (χ0n) is 5.75. The van der Waals surface area contributed by atoms with E-state index in [1.807, 2.05) is 0 Å². The van der Waals surface area contributed by atoms with Crippen LogP contribution in [-0.2, 0) is 5.33 Å². The summed E-state index contributed by atoms with van der Waals surface area (Å²) in [6, 6.07) is 6.31. The lowest BCUT2D eigenvalue weighted by atomic mass is 10.2. The molecular formula is C8H6BrNS. The summed E-state index contributed by atoms with van der Waals surface area (Å²) in [5.74, 6) is 0. The van der Waals surface area contributed by atoms with Crippen LogP contribution >= 0.6 is 27.5 Å². The molecule has 0 aliphatic carbocycles. The fraction of sp³-hybridized carbons (Fsp3) is 0.125. The van der Waals surface area contributed by atoms with E-state index in [1.54, 1.807) is 0 Å². The molecule has 0 unspecified atom stereocenters. The Hall–Kier alpha value is -0.410. The van der Waals surface area contributed by atoms with Gasteiger partial charge in [0.05, 0.1) is 5.52 Å². The van der Waals surface area contributed by atoms with Crippen molar-refractivity contribution in [3.63, 3.8) is 0 Å². The maximum atomic E-state index is 4.22. The molecule has 0 fully saturated rings. The molecule has 0 saturated heterocycles. The van der Waals surface area contributed by atoms with E-state index in [4.69, 9.17) is 0 Å². The Bertz CT molecular complexity index is 369. The Morgan fingerprint density at radius 2 is 2.36 bits per heavy atom. The lowest BCUT2D eigenvalue weighted by Crippen LogP contribution is -1.74. The van der Waals surface area contributed by atoms with E-state index in [9.17, 15) is 0 Å². The van der Waals surface area contributed by atoms with Gasteiger partial charge in [0.25, 0.3) is 0 Å². The summed E-state index contributed by atoms with van der Waals surface area (Å²) in [5.41, 5.74) is 2.40. The molecule has 2 aromatic rings. The number of aromatic nitrogens is 1. The number of halogens is 1. The lowest BCUT2D eigenvalue weighted by Gasteiger charge is -1.92. The number of alkyl halides is 1. The zero-order valence-corrected chi connectivity index (χ0v) is 8.15. The fourth-order valence-corrected chi connectivity index (χ4v) is 1.99. The number of hydrogen-bond donors (Lipinski definition) is 0. The molecule has 0 bridgehead atoms. The maximum absolute atomic E-state index is 4.22. The highest BCUT2D eigenvalue weighted by atomic mass is 79.9. The molecule has 0 aliphatic rings. The van der Waals surface area contributed by atoms with Gasteiger partial charge in [-0.2, -0.15) is 4.37 Å². The third-order valence-electron chi connectivity index (χ3n) is 1.58. The number of benzene rings is 1. The first-order chi connectivity index (χ1) is 5.40. The normalized spacial score (nSPS) is 10.6. The van der Waals surface area contributed by atoms with Crippen LogP contribution in [0.2, 0.25) is 0 Å². The van der Waals surface area contributed by atoms with Crippen molar-refractivity contribution in [1.82, 2.24) is 4.37 Å². The first kappa shape index (κ1) is 7.25. The summed E-state index contributed by atoms with van der Waals surface area (Å²) >= 11 is 4.92. The van der Waals surface area contributed by atoms with Crippen LogP contribution in [0.15, 0.2) is 23.6 Å². The van der Waals surface area contributed by atoms with E-state index in [1.165, 1.54) is 22.5 Å². The van der Waals surface area contributed by atoms with Gasteiger partial charge in [0.2, 0.25) is 0 Å². The average molecular weight is 228 g/mol. The van der Waals surface area contributed by atoms with Crippen LogP contribution in [0.4, 0.5) is 0 Å². The SMILES string of the molecule is BrCc1ccc2nscc2c1. The first-order valence-electron chi connectivity index (χ1n) is 3.29. The highest BCUT2D eigenvalue weighted by Gasteiger charge is 1.96. The van der Waals surface area contributed by atoms with Gasteiger partial charge in [-0.1, -0.05) is 22.0 Å². The quantitative estimate of drug-likeness (QED) is 0.683. The standard InChI is InChI=1S/C8H6BrNS/c9-4-6-1-2-8-7(3-6)5-11-10-8/h1-3,5H,4H2. The summed E-state index contributed by atoms with van der Waals surface area (Å²) in [6.07, 6.45) is 0. The van der Waals surface area contributed by atoms with Crippen LogP contribution in [0.1, 0.15) is 5.56 Å². The Morgan fingerprint density at radius 1 is 1.45 bits per heavy atom. The second-order valence-electron chi connectivity index (χ2n) is 2.34. The van der Waals surface area contributed by atoms with Crippen LogP contribution in [-0.4, -0.2) is 4.37 Å². The molecule has 1 aromatic heterocycles. The molecule has 0 N–H and O–H groups in total. The van der Waals surface area contributed by atoms with E-state index >= 15 is 0 Å². The molecule has 1 nitrogen and oxygen atoms in total. The van der Waals surface area contributed by atoms with Crippen molar-refractivity contribution in [2.24, 2.45) is 0 Å². The predicted octanol–water partition coefficient (Wildman–Crippen LogP) is 3.19. The van der Waals surface area contributed by atoms with Crippen LogP contribution in [0, 0.1) is 0 Å². The molecule has 1 heterocycles. The maximum Gasteiger partial charge on any atom is 0.0840 e. The molecule has 0 saturated carbocycles. The van der Waals surface area contributed by atoms with Gasteiger partial charge in [-0.15, -0.1) is 0 Å². The van der Waals surface area contributed by atoms with Gasteiger partial charge >= 0.3 is 0 Å². The van der Waals surface area contributed by atoms with Crippen molar-refractivity contribution in [2.75, 3.05) is 0 Å². The van der Waals surface area contributed by atoms with Crippen LogP contribution < -0.4 is 0 Å². The molecule has 0 aliphatic heterocycles. The monoisotopic (exact) mass is 227 g/mol. The second-order valence-corrected chi connectivity index (χ2v) is 3.53. The highest BCUT2D eigenvalue weighted by molar-refractivity contribution is 9.08. The third kappa shape index (κ3) is 1.30. The molecule has 0 atom stereocenters. The van der Waals surface area contributed by atoms with Crippen LogP contribution in [0.5, 0.6) is 0 Å².